The van der Waals surface area contributed by atoms with Crippen LogP contribution < -0.4 is 9.47 Å². The van der Waals surface area contributed by atoms with E-state index in [4.69, 9.17) is 9.47 Å². The summed E-state index contributed by atoms with van der Waals surface area (Å²) in [6.45, 7) is 2.89. The van der Waals surface area contributed by atoms with Crippen LogP contribution in [0.3, 0.4) is 0 Å². The molecule has 0 radical (unpaired) electrons. The van der Waals surface area contributed by atoms with Gasteiger partial charge in [0.1, 0.15) is 11.5 Å². The fourth-order valence-corrected chi connectivity index (χ4v) is 2.91. The summed E-state index contributed by atoms with van der Waals surface area (Å²) in [6.07, 6.45) is 4.66. The summed E-state index contributed by atoms with van der Waals surface area (Å²) in [7, 11) is 0. The van der Waals surface area contributed by atoms with Gasteiger partial charge in [0.2, 0.25) is 0 Å². The minimum Gasteiger partial charge on any atom is -0.494 e. The van der Waals surface area contributed by atoms with Crippen molar-refractivity contribution in [3.63, 3.8) is 0 Å². The van der Waals surface area contributed by atoms with Crippen molar-refractivity contribution in [3.05, 3.63) is 88.5 Å². The third-order valence-electron chi connectivity index (χ3n) is 4.75. The first-order valence-corrected chi connectivity index (χ1v) is 10.8. The lowest BCUT2D eigenvalue weighted by Crippen LogP contribution is -2.08. The van der Waals surface area contributed by atoms with Crippen LogP contribution in [0.1, 0.15) is 43.0 Å². The number of hydrogen-bond acceptors (Lipinski definition) is 7. The van der Waals surface area contributed by atoms with Crippen molar-refractivity contribution in [1.82, 2.24) is 0 Å². The van der Waals surface area contributed by atoms with Gasteiger partial charge in [-0.1, -0.05) is 26.2 Å². The van der Waals surface area contributed by atoms with Gasteiger partial charge in [-0.2, -0.15) is 10.2 Å². The van der Waals surface area contributed by atoms with Crippen LogP contribution in [0.2, 0.25) is 0 Å². The third-order valence-corrected chi connectivity index (χ3v) is 4.75. The summed E-state index contributed by atoms with van der Waals surface area (Å²) >= 11 is 0. The lowest BCUT2D eigenvalue weighted by Gasteiger charge is -2.05. The van der Waals surface area contributed by atoms with Gasteiger partial charge >= 0.3 is 5.97 Å². The Labute approximate surface area is 192 Å². The standard InChI is InChI=1S/C25H25N3O5/c1-2-3-4-5-18-32-23-14-8-20(9-15-23)26-27-21-10-16-24(17-11-21)33-25(29)19-6-12-22(13-7-19)28(30)31/h6-17H,2-5,18H2,1H3. The second kappa shape index (κ2) is 12.1. The molecule has 3 aromatic carbocycles. The zero-order valence-corrected chi connectivity index (χ0v) is 18.3. The number of carbonyl (C=O) groups excluding carboxylic acids is 1. The molecule has 0 saturated heterocycles. The maximum atomic E-state index is 12.2. The number of esters is 1. The molecule has 8 nitrogen and oxygen atoms in total. The highest BCUT2D eigenvalue weighted by atomic mass is 16.6. The maximum absolute atomic E-state index is 12.2. The highest BCUT2D eigenvalue weighted by Gasteiger charge is 2.11. The summed E-state index contributed by atoms with van der Waals surface area (Å²) in [4.78, 5) is 22.4. The lowest BCUT2D eigenvalue weighted by atomic mass is 10.2. The molecule has 0 amide bonds. The number of nitrogens with zero attached hydrogens (tertiary/aromatic N) is 3. The number of nitro benzene ring substituents is 1. The van der Waals surface area contributed by atoms with Crippen LogP contribution in [0.25, 0.3) is 0 Å². The van der Waals surface area contributed by atoms with E-state index in [1.165, 1.54) is 43.5 Å². The molecule has 0 aliphatic carbocycles. The quantitative estimate of drug-likeness (QED) is 0.0772. The zero-order chi connectivity index (χ0) is 23.5. The molecule has 0 aromatic heterocycles. The molecule has 0 saturated carbocycles. The minimum absolute atomic E-state index is 0.0918. The minimum atomic E-state index is -0.605. The molecule has 33 heavy (non-hydrogen) atoms. The van der Waals surface area contributed by atoms with Crippen LogP contribution in [0.15, 0.2) is 83.0 Å². The van der Waals surface area contributed by atoms with Crippen molar-refractivity contribution in [2.45, 2.75) is 32.6 Å². The van der Waals surface area contributed by atoms with E-state index in [2.05, 4.69) is 17.2 Å². The van der Waals surface area contributed by atoms with Gasteiger partial charge in [0, 0.05) is 12.1 Å². The Morgan fingerprint density at radius 2 is 1.39 bits per heavy atom. The van der Waals surface area contributed by atoms with Gasteiger partial charge in [0.15, 0.2) is 0 Å². The first-order valence-electron chi connectivity index (χ1n) is 10.8. The fourth-order valence-electron chi connectivity index (χ4n) is 2.91. The van der Waals surface area contributed by atoms with Crippen LogP contribution in [-0.4, -0.2) is 17.5 Å². The zero-order valence-electron chi connectivity index (χ0n) is 18.3. The summed E-state index contributed by atoms with van der Waals surface area (Å²) in [6, 6.07) is 19.2. The van der Waals surface area contributed by atoms with Gasteiger partial charge in [-0.3, -0.25) is 10.1 Å². The van der Waals surface area contributed by atoms with Crippen molar-refractivity contribution in [1.29, 1.82) is 0 Å². The molecule has 170 valence electrons. The Morgan fingerprint density at radius 1 is 0.818 bits per heavy atom. The second-order valence-corrected chi connectivity index (χ2v) is 7.29. The van der Waals surface area contributed by atoms with Gasteiger partial charge < -0.3 is 9.47 Å². The first kappa shape index (κ1) is 23.6. The predicted molar refractivity (Wildman–Crippen MR) is 125 cm³/mol. The van der Waals surface area contributed by atoms with Crippen molar-refractivity contribution < 1.29 is 19.2 Å². The second-order valence-electron chi connectivity index (χ2n) is 7.29. The van der Waals surface area contributed by atoms with Crippen LogP contribution in [0.4, 0.5) is 17.1 Å². The topological polar surface area (TPSA) is 103 Å². The number of benzene rings is 3. The molecule has 0 aliphatic heterocycles. The van der Waals surface area contributed by atoms with E-state index < -0.39 is 10.9 Å². The Balaban J connectivity index is 1.50. The van der Waals surface area contributed by atoms with E-state index in [1.807, 2.05) is 24.3 Å². The van der Waals surface area contributed by atoms with Crippen molar-refractivity contribution in [2.75, 3.05) is 6.61 Å². The molecule has 0 fully saturated rings. The Bertz CT molecular complexity index is 1080. The summed E-state index contributed by atoms with van der Waals surface area (Å²) < 4.78 is 11.0. The number of unbranched alkanes of at least 4 members (excludes halogenated alkanes) is 3. The Kier molecular flexibility index (Phi) is 8.64. The average Bonchev–Trinajstić information content (AvgIpc) is 2.84. The van der Waals surface area contributed by atoms with E-state index >= 15 is 0 Å². The van der Waals surface area contributed by atoms with Gasteiger partial charge in [-0.05, 0) is 67.1 Å². The van der Waals surface area contributed by atoms with Crippen LogP contribution in [0, 0.1) is 10.1 Å². The molecule has 0 aliphatic rings. The van der Waals surface area contributed by atoms with Crippen molar-refractivity contribution in [2.24, 2.45) is 10.2 Å². The lowest BCUT2D eigenvalue weighted by molar-refractivity contribution is -0.384. The number of non-ortho nitro benzene ring substituents is 1. The summed E-state index contributed by atoms with van der Waals surface area (Å²) in [5.74, 6) is 0.536. The third kappa shape index (κ3) is 7.53. The highest BCUT2D eigenvalue weighted by molar-refractivity contribution is 5.91. The number of ether oxygens (including phenoxy) is 2. The number of azo groups is 1. The fraction of sp³-hybridized carbons (Fsp3) is 0.240. The summed E-state index contributed by atoms with van der Waals surface area (Å²) in [5, 5.41) is 19.1. The maximum Gasteiger partial charge on any atom is 0.343 e. The molecule has 0 atom stereocenters. The van der Waals surface area contributed by atoms with Crippen LogP contribution in [0.5, 0.6) is 11.5 Å². The van der Waals surface area contributed by atoms with Gasteiger partial charge in [-0.25, -0.2) is 4.79 Å². The molecule has 0 spiro atoms. The molecule has 0 heterocycles. The first-order chi connectivity index (χ1) is 16.0. The molecule has 3 rings (SSSR count). The van der Waals surface area contributed by atoms with Crippen LogP contribution in [-0.2, 0) is 0 Å². The van der Waals surface area contributed by atoms with Gasteiger partial charge in [0.05, 0.1) is 28.5 Å². The number of carbonyl (C=O) groups is 1. The number of hydrogen-bond donors (Lipinski definition) is 0. The average molecular weight is 447 g/mol. The monoisotopic (exact) mass is 447 g/mol. The molecular formula is C25H25N3O5. The SMILES string of the molecule is CCCCCCOc1ccc(N=Nc2ccc(OC(=O)c3ccc([N+](=O)[O-])cc3)cc2)cc1. The van der Waals surface area contributed by atoms with E-state index in [9.17, 15) is 14.9 Å². The summed E-state index contributed by atoms with van der Waals surface area (Å²) in [5.41, 5.74) is 1.42. The molecule has 3 aromatic rings. The van der Waals surface area contributed by atoms with E-state index in [0.29, 0.717) is 23.7 Å². The number of nitro groups is 1. The Morgan fingerprint density at radius 3 is 1.94 bits per heavy atom. The van der Waals surface area contributed by atoms with Gasteiger partial charge in [-0.15, -0.1) is 0 Å². The molecule has 8 heteroatoms. The predicted octanol–water partition coefficient (Wildman–Crippen LogP) is 7.19. The highest BCUT2D eigenvalue weighted by Crippen LogP contribution is 2.24. The largest absolute Gasteiger partial charge is 0.494 e. The van der Waals surface area contributed by atoms with Crippen LogP contribution >= 0.6 is 0 Å². The molecule has 0 bridgehead atoms. The van der Waals surface area contributed by atoms with E-state index in [0.717, 1.165) is 12.2 Å². The molecule has 0 unspecified atom stereocenters. The number of rotatable bonds is 11. The normalized spacial score (nSPS) is 10.8. The smallest absolute Gasteiger partial charge is 0.343 e. The molecule has 0 N–H and O–H groups in total. The molecular weight excluding hydrogens is 422 g/mol. The van der Waals surface area contributed by atoms with E-state index in [1.54, 1.807) is 24.3 Å². The van der Waals surface area contributed by atoms with Crippen molar-refractivity contribution >= 4 is 23.0 Å². The Hall–Kier alpha value is -4.07. The van der Waals surface area contributed by atoms with Crippen molar-refractivity contribution in [3.8, 4) is 11.5 Å². The van der Waals surface area contributed by atoms with Gasteiger partial charge in [0.25, 0.3) is 5.69 Å². The van der Waals surface area contributed by atoms with E-state index in [-0.39, 0.29) is 11.3 Å².